The highest BCUT2D eigenvalue weighted by molar-refractivity contribution is 6.34. The van der Waals surface area contributed by atoms with Crippen LogP contribution in [0.1, 0.15) is 44.7 Å². The number of hydrogen-bond donors (Lipinski definition) is 1. The summed E-state index contributed by atoms with van der Waals surface area (Å²) in [6.07, 6.45) is 4.05. The average Bonchev–Trinajstić information content (AvgIpc) is 3.58. The third-order valence-corrected chi connectivity index (χ3v) is 7.05. The van der Waals surface area contributed by atoms with E-state index in [9.17, 15) is 9.59 Å². The van der Waals surface area contributed by atoms with Gasteiger partial charge in [0.15, 0.2) is 5.82 Å². The number of nitrogens with one attached hydrogen (secondary N) is 1. The number of fused-ring (bicyclic) bond motifs is 1. The average molecular weight is 546 g/mol. The molecule has 3 amide bonds. The molecule has 8 nitrogen and oxygen atoms in total. The molecule has 3 aromatic rings. The lowest BCUT2D eigenvalue weighted by Gasteiger charge is -2.24. The van der Waals surface area contributed by atoms with Crippen LogP contribution in [0.4, 0.5) is 26.8 Å². The molecule has 0 bridgehead atoms. The van der Waals surface area contributed by atoms with Gasteiger partial charge in [-0.05, 0) is 75.6 Å². The zero-order chi connectivity index (χ0) is 27.7. The van der Waals surface area contributed by atoms with E-state index in [-0.39, 0.29) is 6.03 Å². The summed E-state index contributed by atoms with van der Waals surface area (Å²) < 4.78 is 5.46. The smallest absolute Gasteiger partial charge is 0.414 e. The summed E-state index contributed by atoms with van der Waals surface area (Å²) in [6.45, 7) is 7.10. The molecule has 202 valence electrons. The number of aromatic nitrogens is 1. The van der Waals surface area contributed by atoms with Crippen molar-refractivity contribution in [2.24, 2.45) is 4.99 Å². The van der Waals surface area contributed by atoms with Crippen LogP contribution in [0.2, 0.25) is 5.02 Å². The van der Waals surface area contributed by atoms with Gasteiger partial charge in [-0.15, -0.1) is 0 Å². The third kappa shape index (κ3) is 6.06. The highest BCUT2D eigenvalue weighted by atomic mass is 35.5. The second kappa shape index (κ2) is 10.7. The van der Waals surface area contributed by atoms with E-state index in [0.29, 0.717) is 22.9 Å². The highest BCUT2D eigenvalue weighted by Gasteiger charge is 2.23. The Bertz CT molecular complexity index is 1440. The monoisotopic (exact) mass is 545 g/mol. The van der Waals surface area contributed by atoms with Crippen LogP contribution < -0.4 is 10.2 Å². The van der Waals surface area contributed by atoms with Crippen LogP contribution in [0.15, 0.2) is 59.7 Å². The van der Waals surface area contributed by atoms with Crippen LogP contribution in [0.25, 0.3) is 11.1 Å². The van der Waals surface area contributed by atoms with E-state index in [2.05, 4.69) is 16.4 Å². The number of carbonyl (C=O) groups is 2. The summed E-state index contributed by atoms with van der Waals surface area (Å²) in [5.41, 5.74) is 5.39. The Morgan fingerprint density at radius 2 is 1.74 bits per heavy atom. The normalized spacial score (nSPS) is 14.6. The van der Waals surface area contributed by atoms with E-state index < -0.39 is 11.7 Å². The number of aliphatic imine (C=N–C) groups is 1. The van der Waals surface area contributed by atoms with Crippen molar-refractivity contribution in [2.75, 3.05) is 30.4 Å². The van der Waals surface area contributed by atoms with Gasteiger partial charge < -0.3 is 15.0 Å². The Morgan fingerprint density at radius 1 is 1.03 bits per heavy atom. The van der Waals surface area contributed by atoms with Crippen LogP contribution in [-0.2, 0) is 11.2 Å². The zero-order valence-corrected chi connectivity index (χ0v) is 23.4. The van der Waals surface area contributed by atoms with Crippen LogP contribution in [0.3, 0.4) is 0 Å². The second-order valence-electron chi connectivity index (χ2n) is 10.8. The molecule has 2 aliphatic heterocycles. The van der Waals surface area contributed by atoms with E-state index in [1.165, 1.54) is 4.90 Å². The number of hydrogen-bond acceptors (Lipinski definition) is 5. The van der Waals surface area contributed by atoms with E-state index in [0.717, 1.165) is 59.6 Å². The van der Waals surface area contributed by atoms with Crippen LogP contribution in [0, 0.1) is 0 Å². The molecule has 1 fully saturated rings. The number of nitrogens with zero attached hydrogens (tertiary/aromatic N) is 4. The largest absolute Gasteiger partial charge is 0.443 e. The van der Waals surface area contributed by atoms with Crippen molar-refractivity contribution in [1.82, 2.24) is 9.88 Å². The number of urea groups is 1. The predicted molar refractivity (Wildman–Crippen MR) is 155 cm³/mol. The summed E-state index contributed by atoms with van der Waals surface area (Å²) in [6, 6.07) is 15.2. The van der Waals surface area contributed by atoms with Gasteiger partial charge in [-0.25, -0.2) is 19.6 Å². The van der Waals surface area contributed by atoms with E-state index in [1.54, 1.807) is 19.3 Å². The molecular weight excluding hydrogens is 514 g/mol. The second-order valence-corrected chi connectivity index (χ2v) is 11.3. The minimum Gasteiger partial charge on any atom is -0.443 e. The van der Waals surface area contributed by atoms with Gasteiger partial charge >= 0.3 is 12.1 Å². The van der Waals surface area contributed by atoms with Crippen LogP contribution in [0.5, 0.6) is 0 Å². The van der Waals surface area contributed by atoms with Gasteiger partial charge in [0, 0.05) is 65.8 Å². The van der Waals surface area contributed by atoms with Crippen molar-refractivity contribution in [3.05, 3.63) is 70.9 Å². The van der Waals surface area contributed by atoms with E-state index >= 15 is 0 Å². The molecular formula is C30H32ClN5O3. The molecule has 0 saturated carbocycles. The van der Waals surface area contributed by atoms with Crippen LogP contribution >= 0.6 is 11.6 Å². The summed E-state index contributed by atoms with van der Waals surface area (Å²) in [5, 5.41) is 3.56. The van der Waals surface area contributed by atoms with Crippen molar-refractivity contribution < 1.29 is 14.3 Å². The fourth-order valence-electron chi connectivity index (χ4n) is 4.66. The lowest BCUT2D eigenvalue weighted by molar-refractivity contribution is 0.0589. The molecule has 0 atom stereocenters. The molecule has 3 heterocycles. The molecule has 1 saturated heterocycles. The first-order chi connectivity index (χ1) is 18.6. The Labute approximate surface area is 233 Å². The molecule has 5 rings (SSSR count). The number of halogens is 1. The van der Waals surface area contributed by atoms with E-state index in [1.807, 2.05) is 62.1 Å². The van der Waals surface area contributed by atoms with Gasteiger partial charge in [0.25, 0.3) is 0 Å². The summed E-state index contributed by atoms with van der Waals surface area (Å²) >= 11 is 6.55. The minimum atomic E-state index is -0.560. The van der Waals surface area contributed by atoms with Gasteiger partial charge in [-0.1, -0.05) is 23.7 Å². The summed E-state index contributed by atoms with van der Waals surface area (Å²) in [7, 11) is 1.69. The number of pyridine rings is 1. The first kappa shape index (κ1) is 26.7. The molecule has 39 heavy (non-hydrogen) atoms. The fraction of sp³-hybridized carbons (Fsp3) is 0.333. The number of amides is 3. The molecule has 2 aliphatic rings. The molecule has 2 aromatic carbocycles. The SMILES string of the molecule is CN(C(=O)OC(C)(C)C)c1ccc(-c2cnc3c(c2)CC(c2cc(NC(=O)N4CCCC4)ccc2Cl)=N3)cc1. The van der Waals surface area contributed by atoms with Crippen LogP contribution in [-0.4, -0.2) is 53.5 Å². The molecule has 0 spiro atoms. The fourth-order valence-corrected chi connectivity index (χ4v) is 4.88. The molecule has 0 aliphatic carbocycles. The first-order valence-corrected chi connectivity index (χ1v) is 13.4. The van der Waals surface area contributed by atoms with Crippen molar-refractivity contribution in [3.8, 4) is 11.1 Å². The van der Waals surface area contributed by atoms with Gasteiger partial charge in [0.1, 0.15) is 5.60 Å². The predicted octanol–water partition coefficient (Wildman–Crippen LogP) is 7.08. The molecule has 1 aromatic heterocycles. The van der Waals surface area contributed by atoms with Gasteiger partial charge in [0.05, 0.1) is 5.71 Å². The maximum absolute atomic E-state index is 12.5. The molecule has 0 radical (unpaired) electrons. The Kier molecular flexibility index (Phi) is 7.32. The Morgan fingerprint density at radius 3 is 2.44 bits per heavy atom. The maximum Gasteiger partial charge on any atom is 0.414 e. The quantitative estimate of drug-likeness (QED) is 0.379. The minimum absolute atomic E-state index is 0.0907. The molecule has 1 N–H and O–H groups in total. The van der Waals surface area contributed by atoms with Crippen molar-refractivity contribution in [2.45, 2.75) is 45.6 Å². The number of carbonyl (C=O) groups excluding carboxylic acids is 2. The lowest BCUT2D eigenvalue weighted by atomic mass is 10.0. The Balaban J connectivity index is 1.29. The standard InChI is InChI=1S/C30H32ClN5O3/c1-30(2,3)39-29(38)35(4)23-10-7-19(8-11-23)21-15-20-16-26(34-27(20)32-18-21)24-17-22(9-12-25(24)31)33-28(37)36-13-5-6-14-36/h7-12,15,17-18H,5-6,13-14,16H2,1-4H3,(H,33,37). The number of anilines is 2. The summed E-state index contributed by atoms with van der Waals surface area (Å²) in [4.78, 5) is 37.6. The number of ether oxygens (including phenoxy) is 1. The molecule has 0 unspecified atom stereocenters. The number of likely N-dealkylation sites (tertiary alicyclic amines) is 1. The Hall–Kier alpha value is -3.91. The van der Waals surface area contributed by atoms with Gasteiger partial charge in [0.2, 0.25) is 0 Å². The lowest BCUT2D eigenvalue weighted by Crippen LogP contribution is -2.34. The first-order valence-electron chi connectivity index (χ1n) is 13.1. The van der Waals surface area contributed by atoms with Crippen molar-refractivity contribution in [3.63, 3.8) is 0 Å². The van der Waals surface area contributed by atoms with Gasteiger partial charge in [-0.2, -0.15) is 0 Å². The highest BCUT2D eigenvalue weighted by Crippen LogP contribution is 2.34. The number of rotatable bonds is 4. The summed E-state index contributed by atoms with van der Waals surface area (Å²) in [5.74, 6) is 0.664. The van der Waals surface area contributed by atoms with Gasteiger partial charge in [-0.3, -0.25) is 4.90 Å². The van der Waals surface area contributed by atoms with Crippen molar-refractivity contribution >= 4 is 46.6 Å². The van der Waals surface area contributed by atoms with Crippen molar-refractivity contribution in [1.29, 1.82) is 0 Å². The maximum atomic E-state index is 12.5. The zero-order valence-electron chi connectivity index (χ0n) is 22.6. The topological polar surface area (TPSA) is 87.1 Å². The van der Waals surface area contributed by atoms with E-state index in [4.69, 9.17) is 21.3 Å². The number of benzene rings is 2. The third-order valence-electron chi connectivity index (χ3n) is 6.72. The molecule has 9 heteroatoms.